The summed E-state index contributed by atoms with van der Waals surface area (Å²) in [6.07, 6.45) is 1.71. The number of esters is 1. The molecule has 0 saturated carbocycles. The first kappa shape index (κ1) is 11.3. The van der Waals surface area contributed by atoms with E-state index in [1.165, 1.54) is 0 Å². The highest BCUT2D eigenvalue weighted by Gasteiger charge is 2.08. The van der Waals surface area contributed by atoms with E-state index in [0.717, 1.165) is 5.56 Å². The molecule has 0 aliphatic heterocycles. The Morgan fingerprint density at radius 1 is 1.47 bits per heavy atom. The number of benzene rings is 1. The molecule has 0 amide bonds. The summed E-state index contributed by atoms with van der Waals surface area (Å²) < 4.78 is 6.69. The van der Waals surface area contributed by atoms with Crippen molar-refractivity contribution in [3.05, 3.63) is 47.3 Å². The van der Waals surface area contributed by atoms with Crippen LogP contribution < -0.4 is 0 Å². The van der Waals surface area contributed by atoms with Gasteiger partial charge in [0.15, 0.2) is 0 Å². The van der Waals surface area contributed by atoms with Crippen molar-refractivity contribution in [3.8, 4) is 0 Å². The van der Waals surface area contributed by atoms with Gasteiger partial charge in [-0.3, -0.25) is 4.68 Å². The highest BCUT2D eigenvalue weighted by atomic mass is 16.5. The molecule has 0 unspecified atom stereocenters. The average molecular weight is 231 g/mol. The number of nitrogens with zero attached hydrogens (tertiary/aromatic N) is 3. The topological polar surface area (TPSA) is 57.0 Å². The predicted molar refractivity (Wildman–Crippen MR) is 61.3 cm³/mol. The first-order valence-electron chi connectivity index (χ1n) is 5.24. The minimum atomic E-state index is -0.348. The van der Waals surface area contributed by atoms with Crippen molar-refractivity contribution in [2.75, 3.05) is 0 Å². The standard InChI is InChI=1S/C12H13N3O2/c1-9-4-3-5-10(6-9)12(16)17-8-11-7-15(2)14-13-11/h3-7H,8H2,1-2H3. The number of ether oxygens (including phenoxy) is 1. The number of rotatable bonds is 3. The largest absolute Gasteiger partial charge is 0.455 e. The van der Waals surface area contributed by atoms with Crippen LogP contribution in [0.3, 0.4) is 0 Å². The Kier molecular flexibility index (Phi) is 3.18. The lowest BCUT2D eigenvalue weighted by atomic mass is 10.1. The molecule has 1 aromatic heterocycles. The van der Waals surface area contributed by atoms with E-state index in [9.17, 15) is 4.79 Å². The third-order valence-corrected chi connectivity index (χ3v) is 2.26. The van der Waals surface area contributed by atoms with Crippen LogP contribution in [-0.4, -0.2) is 21.0 Å². The van der Waals surface area contributed by atoms with Gasteiger partial charge in [-0.15, -0.1) is 5.10 Å². The highest BCUT2D eigenvalue weighted by molar-refractivity contribution is 5.89. The fraction of sp³-hybridized carbons (Fsp3) is 0.250. The molecule has 0 aliphatic rings. The Morgan fingerprint density at radius 3 is 2.94 bits per heavy atom. The summed E-state index contributed by atoms with van der Waals surface area (Å²) in [5.74, 6) is -0.348. The Balaban J connectivity index is 1.98. The van der Waals surface area contributed by atoms with Crippen LogP contribution in [0.25, 0.3) is 0 Å². The van der Waals surface area contributed by atoms with Gasteiger partial charge in [-0.05, 0) is 19.1 Å². The van der Waals surface area contributed by atoms with Crippen LogP contribution in [0.15, 0.2) is 30.5 Å². The minimum absolute atomic E-state index is 0.139. The lowest BCUT2D eigenvalue weighted by Gasteiger charge is -2.03. The molecule has 0 aliphatic carbocycles. The summed E-state index contributed by atoms with van der Waals surface area (Å²) in [4.78, 5) is 11.7. The molecule has 88 valence electrons. The van der Waals surface area contributed by atoms with Gasteiger partial charge >= 0.3 is 5.97 Å². The molecule has 5 nitrogen and oxygen atoms in total. The summed E-state index contributed by atoms with van der Waals surface area (Å²) in [6, 6.07) is 7.28. The molecule has 0 atom stereocenters. The Bertz CT molecular complexity index is 534. The summed E-state index contributed by atoms with van der Waals surface area (Å²) in [7, 11) is 1.76. The van der Waals surface area contributed by atoms with E-state index < -0.39 is 0 Å². The van der Waals surface area contributed by atoms with Crippen LogP contribution in [0.1, 0.15) is 21.6 Å². The van der Waals surface area contributed by atoms with Gasteiger partial charge in [0.05, 0.1) is 11.8 Å². The Hall–Kier alpha value is -2.17. The van der Waals surface area contributed by atoms with E-state index in [1.807, 2.05) is 19.1 Å². The molecule has 0 bridgehead atoms. The predicted octanol–water partition coefficient (Wildman–Crippen LogP) is 1.48. The molecule has 17 heavy (non-hydrogen) atoms. The number of hydrogen-bond acceptors (Lipinski definition) is 4. The zero-order chi connectivity index (χ0) is 12.3. The maximum absolute atomic E-state index is 11.7. The van der Waals surface area contributed by atoms with Gasteiger partial charge in [0, 0.05) is 7.05 Å². The Labute approximate surface area is 99.0 Å². The second-order valence-electron chi connectivity index (χ2n) is 3.83. The maximum Gasteiger partial charge on any atom is 0.338 e. The van der Waals surface area contributed by atoms with Crippen molar-refractivity contribution in [2.24, 2.45) is 7.05 Å². The first-order valence-corrected chi connectivity index (χ1v) is 5.24. The molecule has 2 aromatic rings. The van der Waals surface area contributed by atoms with E-state index in [1.54, 1.807) is 30.1 Å². The van der Waals surface area contributed by atoms with Crippen molar-refractivity contribution >= 4 is 5.97 Å². The zero-order valence-corrected chi connectivity index (χ0v) is 9.75. The third kappa shape index (κ3) is 2.90. The summed E-state index contributed by atoms with van der Waals surface area (Å²) in [5.41, 5.74) is 2.21. The molecule has 2 rings (SSSR count). The van der Waals surface area contributed by atoms with Gasteiger partial charge in [0.25, 0.3) is 0 Å². The van der Waals surface area contributed by atoms with Gasteiger partial charge in [-0.2, -0.15) is 0 Å². The van der Waals surface area contributed by atoms with E-state index in [4.69, 9.17) is 4.74 Å². The molecule has 0 N–H and O–H groups in total. The van der Waals surface area contributed by atoms with Gasteiger partial charge < -0.3 is 4.74 Å². The number of carbonyl (C=O) groups excluding carboxylic acids is 1. The highest BCUT2D eigenvalue weighted by Crippen LogP contribution is 2.07. The molecular formula is C12H13N3O2. The van der Waals surface area contributed by atoms with Crippen LogP contribution >= 0.6 is 0 Å². The van der Waals surface area contributed by atoms with Gasteiger partial charge in [-0.25, -0.2) is 4.79 Å². The van der Waals surface area contributed by atoms with Gasteiger partial charge in [0.2, 0.25) is 0 Å². The normalized spacial score (nSPS) is 10.2. The number of aromatic nitrogens is 3. The monoisotopic (exact) mass is 231 g/mol. The van der Waals surface area contributed by atoms with Gasteiger partial charge in [0.1, 0.15) is 12.3 Å². The molecule has 5 heteroatoms. The molecule has 1 aromatic carbocycles. The maximum atomic E-state index is 11.7. The SMILES string of the molecule is Cc1cccc(C(=O)OCc2cn(C)nn2)c1. The van der Waals surface area contributed by atoms with E-state index in [0.29, 0.717) is 11.3 Å². The van der Waals surface area contributed by atoms with E-state index >= 15 is 0 Å². The first-order chi connectivity index (χ1) is 8.15. The van der Waals surface area contributed by atoms with Crippen LogP contribution in [-0.2, 0) is 18.4 Å². The second-order valence-corrected chi connectivity index (χ2v) is 3.83. The number of hydrogen-bond donors (Lipinski definition) is 0. The smallest absolute Gasteiger partial charge is 0.338 e. The van der Waals surface area contributed by atoms with Crippen molar-refractivity contribution in [1.29, 1.82) is 0 Å². The average Bonchev–Trinajstić information content (AvgIpc) is 2.72. The molecular weight excluding hydrogens is 218 g/mol. The minimum Gasteiger partial charge on any atom is -0.455 e. The second kappa shape index (κ2) is 4.78. The van der Waals surface area contributed by atoms with E-state index in [2.05, 4.69) is 10.3 Å². The van der Waals surface area contributed by atoms with Crippen LogP contribution in [0.5, 0.6) is 0 Å². The lowest BCUT2D eigenvalue weighted by molar-refractivity contribution is 0.0467. The van der Waals surface area contributed by atoms with Gasteiger partial charge in [-0.1, -0.05) is 22.9 Å². The van der Waals surface area contributed by atoms with Crippen LogP contribution in [0.4, 0.5) is 0 Å². The fourth-order valence-corrected chi connectivity index (χ4v) is 1.46. The van der Waals surface area contributed by atoms with Crippen molar-refractivity contribution in [1.82, 2.24) is 15.0 Å². The molecule has 0 fully saturated rings. The number of carbonyl (C=O) groups is 1. The molecule has 0 spiro atoms. The Morgan fingerprint density at radius 2 is 2.29 bits per heavy atom. The lowest BCUT2D eigenvalue weighted by Crippen LogP contribution is -2.05. The summed E-state index contributed by atoms with van der Waals surface area (Å²) in [6.45, 7) is 2.07. The fourth-order valence-electron chi connectivity index (χ4n) is 1.46. The molecule has 0 saturated heterocycles. The number of aryl methyl sites for hydroxylation is 2. The molecule has 1 heterocycles. The van der Waals surface area contributed by atoms with Crippen LogP contribution in [0, 0.1) is 6.92 Å². The third-order valence-electron chi connectivity index (χ3n) is 2.26. The van der Waals surface area contributed by atoms with Crippen molar-refractivity contribution in [3.63, 3.8) is 0 Å². The van der Waals surface area contributed by atoms with E-state index in [-0.39, 0.29) is 12.6 Å². The van der Waals surface area contributed by atoms with Crippen molar-refractivity contribution < 1.29 is 9.53 Å². The quantitative estimate of drug-likeness (QED) is 0.751. The zero-order valence-electron chi connectivity index (χ0n) is 9.75. The summed E-state index contributed by atoms with van der Waals surface area (Å²) >= 11 is 0. The molecule has 0 radical (unpaired) electrons. The summed E-state index contributed by atoms with van der Waals surface area (Å²) in [5, 5.41) is 7.59. The van der Waals surface area contributed by atoms with Crippen molar-refractivity contribution in [2.45, 2.75) is 13.5 Å². The van der Waals surface area contributed by atoms with Crippen LogP contribution in [0.2, 0.25) is 0 Å².